The van der Waals surface area contributed by atoms with Crippen LogP contribution in [0.1, 0.15) is 81.2 Å². The highest BCUT2D eigenvalue weighted by Crippen LogP contribution is 2.50. The summed E-state index contributed by atoms with van der Waals surface area (Å²) >= 11 is 0. The van der Waals surface area contributed by atoms with Crippen LogP contribution in [-0.4, -0.2) is 59.8 Å². The molecule has 38 heavy (non-hydrogen) atoms. The molecule has 11 nitrogen and oxygen atoms in total. The van der Waals surface area contributed by atoms with Crippen molar-refractivity contribution in [2.24, 2.45) is 10.7 Å². The molecule has 2 bridgehead atoms. The number of carbonyl (C=O) groups excluding carboxylic acids is 1. The Kier molecular flexibility index (Phi) is 5.71. The summed E-state index contributed by atoms with van der Waals surface area (Å²) in [5, 5.41) is 22.0. The fraction of sp³-hybridized carbons (Fsp3) is 0.481. The average Bonchev–Trinajstić information content (AvgIpc) is 3.57. The standard InChI is InChI=1S/C27H33N9O2/c1-27(2,38)20-8-5-15(11-31-20)19-12-33-36-24(30)21(14-3-4-14)22(34-25(19)36)16-9-17-6-7-18(10-16)35(17)26(37)23(29)32-13-28/h5,8,11-14,16-18,38H,3-4,6-7,9-10,30H2,1-2H3,(H3,28,29,32). The molecular weight excluding hydrogens is 482 g/mol. The molecule has 0 aromatic carbocycles. The molecular formula is C27H33N9O2. The van der Waals surface area contributed by atoms with E-state index in [0.717, 1.165) is 67.2 Å². The second-order valence-corrected chi connectivity index (χ2v) is 11.3. The lowest BCUT2D eigenvalue weighted by molar-refractivity contribution is -0.128. The molecule has 0 spiro atoms. The Balaban J connectivity index is 1.39. The number of anilines is 1. The van der Waals surface area contributed by atoms with Crippen LogP contribution in [0.5, 0.6) is 0 Å². The van der Waals surface area contributed by atoms with Crippen LogP contribution in [0, 0.1) is 5.41 Å². The van der Waals surface area contributed by atoms with Crippen molar-refractivity contribution in [3.05, 3.63) is 41.5 Å². The maximum Gasteiger partial charge on any atom is 0.289 e. The number of aromatic nitrogens is 4. The maximum absolute atomic E-state index is 13.0. The van der Waals surface area contributed by atoms with Gasteiger partial charge in [-0.1, -0.05) is 6.07 Å². The zero-order chi connectivity index (χ0) is 26.8. The highest BCUT2D eigenvalue weighted by Gasteiger charge is 2.46. The van der Waals surface area contributed by atoms with E-state index in [9.17, 15) is 9.90 Å². The minimum Gasteiger partial charge on any atom is -0.384 e. The smallest absolute Gasteiger partial charge is 0.289 e. The van der Waals surface area contributed by atoms with Crippen LogP contribution >= 0.6 is 0 Å². The Hall–Kier alpha value is -3.86. The molecule has 3 fully saturated rings. The fourth-order valence-corrected chi connectivity index (χ4v) is 6.25. The molecule has 6 N–H and O–H groups in total. The fourth-order valence-electron chi connectivity index (χ4n) is 6.25. The van der Waals surface area contributed by atoms with Gasteiger partial charge in [0.25, 0.3) is 5.91 Å². The second kappa shape index (κ2) is 8.87. The third-order valence-corrected chi connectivity index (χ3v) is 8.21. The van der Waals surface area contributed by atoms with Gasteiger partial charge >= 0.3 is 0 Å². The van der Waals surface area contributed by atoms with E-state index < -0.39 is 5.60 Å². The van der Waals surface area contributed by atoms with Crippen molar-refractivity contribution in [3.63, 3.8) is 0 Å². The van der Waals surface area contributed by atoms with Gasteiger partial charge in [0.15, 0.2) is 11.5 Å². The van der Waals surface area contributed by atoms with Crippen LogP contribution in [0.4, 0.5) is 5.82 Å². The van der Waals surface area contributed by atoms with Gasteiger partial charge in [-0.3, -0.25) is 15.2 Å². The van der Waals surface area contributed by atoms with Gasteiger partial charge in [0.2, 0.25) is 0 Å². The van der Waals surface area contributed by atoms with Crippen LogP contribution in [0.25, 0.3) is 16.8 Å². The maximum atomic E-state index is 13.0. The molecule has 6 rings (SSSR count). The van der Waals surface area contributed by atoms with Gasteiger partial charge in [-0.15, -0.1) is 0 Å². The Morgan fingerprint density at radius 1 is 1.16 bits per heavy atom. The first-order valence-electron chi connectivity index (χ1n) is 13.2. The molecule has 11 heteroatoms. The quantitative estimate of drug-likeness (QED) is 0.299. The summed E-state index contributed by atoms with van der Waals surface area (Å²) in [6.07, 6.45) is 9.89. The summed E-state index contributed by atoms with van der Waals surface area (Å²) in [5.74, 6) is 0.762. The number of pyridine rings is 1. The monoisotopic (exact) mass is 515 g/mol. The van der Waals surface area contributed by atoms with Gasteiger partial charge in [-0.2, -0.15) is 9.61 Å². The van der Waals surface area contributed by atoms with E-state index in [1.807, 2.05) is 17.0 Å². The number of hydrogen-bond donors (Lipinski definition) is 4. The predicted molar refractivity (Wildman–Crippen MR) is 144 cm³/mol. The van der Waals surface area contributed by atoms with Crippen LogP contribution < -0.4 is 11.5 Å². The highest BCUT2D eigenvalue weighted by atomic mass is 16.3. The van der Waals surface area contributed by atoms with E-state index in [2.05, 4.69) is 15.1 Å². The van der Waals surface area contributed by atoms with Gasteiger partial charge in [0.05, 0.1) is 17.6 Å². The van der Waals surface area contributed by atoms with Crippen molar-refractivity contribution < 1.29 is 9.90 Å². The molecule has 1 saturated carbocycles. The van der Waals surface area contributed by atoms with Crippen LogP contribution in [0.2, 0.25) is 0 Å². The second-order valence-electron chi connectivity index (χ2n) is 11.3. The molecule has 0 radical (unpaired) electrons. The third kappa shape index (κ3) is 4.01. The van der Waals surface area contributed by atoms with Crippen molar-refractivity contribution in [3.8, 4) is 11.1 Å². The topological polar surface area (TPSA) is 172 Å². The summed E-state index contributed by atoms with van der Waals surface area (Å²) in [6.45, 7) is 3.42. The number of fused-ring (bicyclic) bond motifs is 3. The molecule has 3 aromatic rings. The summed E-state index contributed by atoms with van der Waals surface area (Å²) < 4.78 is 1.73. The first-order valence-corrected chi connectivity index (χ1v) is 13.2. The van der Waals surface area contributed by atoms with Crippen molar-refractivity contribution in [1.82, 2.24) is 24.5 Å². The zero-order valence-electron chi connectivity index (χ0n) is 21.6. The van der Waals surface area contributed by atoms with Gasteiger partial charge in [0.1, 0.15) is 17.8 Å². The molecule has 1 aliphatic carbocycles. The number of nitrogen functional groups attached to an aromatic ring is 1. The van der Waals surface area contributed by atoms with Crippen LogP contribution in [0.15, 0.2) is 29.5 Å². The summed E-state index contributed by atoms with van der Waals surface area (Å²) in [7, 11) is 0. The number of amidine groups is 1. The Labute approximate surface area is 220 Å². The molecule has 5 heterocycles. The molecule has 3 aromatic heterocycles. The molecule has 3 aliphatic rings. The molecule has 2 unspecified atom stereocenters. The minimum atomic E-state index is -1.03. The number of aliphatic imine (C=N–C) groups is 1. The third-order valence-electron chi connectivity index (χ3n) is 8.21. The molecule has 1 amide bonds. The van der Waals surface area contributed by atoms with E-state index in [-0.39, 0.29) is 29.7 Å². The van der Waals surface area contributed by atoms with Crippen molar-refractivity contribution in [1.29, 1.82) is 5.41 Å². The predicted octanol–water partition coefficient (Wildman–Crippen LogP) is 2.68. The lowest BCUT2D eigenvalue weighted by Gasteiger charge is -2.39. The lowest BCUT2D eigenvalue weighted by Crippen LogP contribution is -2.50. The number of nitrogens with two attached hydrogens (primary N) is 2. The molecule has 2 saturated heterocycles. The van der Waals surface area contributed by atoms with Crippen molar-refractivity contribution in [2.45, 2.75) is 81.9 Å². The minimum absolute atomic E-state index is 0.0556. The van der Waals surface area contributed by atoms with E-state index in [4.69, 9.17) is 21.9 Å². The first kappa shape index (κ1) is 24.5. The number of rotatable bonds is 5. The number of nitrogens with zero attached hydrogens (tertiary/aromatic N) is 6. The van der Waals surface area contributed by atoms with E-state index in [1.54, 1.807) is 30.8 Å². The van der Waals surface area contributed by atoms with Gasteiger partial charge in [0, 0.05) is 40.9 Å². The summed E-state index contributed by atoms with van der Waals surface area (Å²) in [6, 6.07) is 3.85. The van der Waals surface area contributed by atoms with Gasteiger partial charge in [-0.05, 0) is 64.4 Å². The molecule has 2 atom stereocenters. The van der Waals surface area contributed by atoms with Crippen LogP contribution in [0.3, 0.4) is 0 Å². The number of carbonyl (C=O) groups is 1. The lowest BCUT2D eigenvalue weighted by atomic mass is 9.85. The molecule has 2 aliphatic heterocycles. The van der Waals surface area contributed by atoms with Crippen LogP contribution in [-0.2, 0) is 10.4 Å². The first-order chi connectivity index (χ1) is 18.2. The van der Waals surface area contributed by atoms with Gasteiger partial charge in [-0.25, -0.2) is 9.98 Å². The summed E-state index contributed by atoms with van der Waals surface area (Å²) in [4.78, 5) is 28.2. The highest BCUT2D eigenvalue weighted by molar-refractivity contribution is 6.38. The van der Waals surface area contributed by atoms with Crippen molar-refractivity contribution in [2.75, 3.05) is 5.73 Å². The number of aliphatic hydroxyl groups is 1. The Morgan fingerprint density at radius 3 is 2.45 bits per heavy atom. The average molecular weight is 516 g/mol. The Morgan fingerprint density at radius 2 is 1.87 bits per heavy atom. The number of hydrogen-bond acceptors (Lipinski definition) is 7. The Bertz CT molecular complexity index is 1440. The number of amides is 1. The molecule has 198 valence electrons. The summed E-state index contributed by atoms with van der Waals surface area (Å²) in [5.41, 5.74) is 16.7. The van der Waals surface area contributed by atoms with E-state index >= 15 is 0 Å². The van der Waals surface area contributed by atoms with E-state index in [1.165, 1.54) is 0 Å². The number of nitrogens with one attached hydrogen (secondary N) is 1. The van der Waals surface area contributed by atoms with Gasteiger partial charge < -0.3 is 21.5 Å². The number of piperidine rings is 1. The van der Waals surface area contributed by atoms with Crippen molar-refractivity contribution >= 4 is 29.5 Å². The largest absolute Gasteiger partial charge is 0.384 e. The zero-order valence-corrected chi connectivity index (χ0v) is 21.6. The van der Waals surface area contributed by atoms with E-state index in [0.29, 0.717) is 23.1 Å². The SMILES string of the molecule is CC(C)(O)c1ccc(-c2cnn3c(N)c(C4CC4)c(C4CC5CCC(C4)N5C(=O)C(N)=NC=N)nc23)cn1. The normalized spacial score (nSPS) is 23.7.